The lowest BCUT2D eigenvalue weighted by Gasteiger charge is -2.19. The number of hydrogen-bond acceptors (Lipinski definition) is 4. The van der Waals surface area contributed by atoms with Gasteiger partial charge in [-0.25, -0.2) is 8.78 Å². The molecule has 1 aromatic rings. The lowest BCUT2D eigenvalue weighted by molar-refractivity contribution is -0.148. The number of halogens is 2. The second-order valence-corrected chi connectivity index (χ2v) is 4.22. The minimum atomic E-state index is -1.39. The van der Waals surface area contributed by atoms with Crippen molar-refractivity contribution in [2.24, 2.45) is 0 Å². The number of carboxylic acid groups (broad SMARTS) is 1. The van der Waals surface area contributed by atoms with Crippen LogP contribution in [-0.4, -0.2) is 36.9 Å². The first-order chi connectivity index (χ1) is 9.85. The van der Waals surface area contributed by atoms with Gasteiger partial charge in [0.2, 0.25) is 0 Å². The summed E-state index contributed by atoms with van der Waals surface area (Å²) in [6.45, 7) is 0.942. The molecule has 2 atom stereocenters. The largest absolute Gasteiger partial charge is 0.480 e. The van der Waals surface area contributed by atoms with Crippen molar-refractivity contribution < 1.29 is 33.0 Å². The van der Waals surface area contributed by atoms with Gasteiger partial charge >= 0.3 is 5.97 Å². The Hall–Kier alpha value is -2.06. The van der Waals surface area contributed by atoms with E-state index < -0.39 is 35.7 Å². The molecule has 116 valence electrons. The third-order valence-electron chi connectivity index (χ3n) is 2.51. The summed E-state index contributed by atoms with van der Waals surface area (Å²) in [6.07, 6.45) is -1.39. The van der Waals surface area contributed by atoms with Crippen molar-refractivity contribution in [2.75, 3.05) is 13.9 Å². The van der Waals surface area contributed by atoms with Gasteiger partial charge in [-0.2, -0.15) is 0 Å². The smallest absolute Gasteiger partial charge is 0.325 e. The normalized spacial score (nSPS) is 13.5. The fourth-order valence-electron chi connectivity index (χ4n) is 1.54. The van der Waals surface area contributed by atoms with Gasteiger partial charge < -0.3 is 19.9 Å². The lowest BCUT2D eigenvalue weighted by atomic mass is 10.1. The van der Waals surface area contributed by atoms with Crippen LogP contribution < -0.4 is 5.32 Å². The van der Waals surface area contributed by atoms with Crippen LogP contribution in [0.1, 0.15) is 18.6 Å². The van der Waals surface area contributed by atoms with Gasteiger partial charge in [0.1, 0.15) is 24.5 Å². The van der Waals surface area contributed by atoms with E-state index in [4.69, 9.17) is 9.84 Å². The van der Waals surface area contributed by atoms with E-state index in [-0.39, 0.29) is 12.4 Å². The predicted molar refractivity (Wildman–Crippen MR) is 67.3 cm³/mol. The van der Waals surface area contributed by atoms with Gasteiger partial charge in [0.15, 0.2) is 6.10 Å². The van der Waals surface area contributed by atoms with Gasteiger partial charge in [-0.05, 0) is 24.6 Å². The highest BCUT2D eigenvalue weighted by atomic mass is 19.1. The summed E-state index contributed by atoms with van der Waals surface area (Å²) in [4.78, 5) is 22.7. The monoisotopic (exact) mass is 303 g/mol. The number of amides is 1. The van der Waals surface area contributed by atoms with Crippen molar-refractivity contribution in [1.29, 1.82) is 0 Å². The fourth-order valence-corrected chi connectivity index (χ4v) is 1.54. The molecule has 0 fully saturated rings. The number of rotatable bonds is 7. The maximum absolute atomic E-state index is 13.2. The summed E-state index contributed by atoms with van der Waals surface area (Å²) >= 11 is 0. The number of ether oxygens (including phenoxy) is 2. The van der Waals surface area contributed by atoms with Crippen LogP contribution in [0.4, 0.5) is 8.78 Å². The number of nitrogens with one attached hydrogen (secondary N) is 1. The average molecular weight is 303 g/mol. The molecular formula is C13H15F2NO5. The Kier molecular flexibility index (Phi) is 6.19. The maximum Gasteiger partial charge on any atom is 0.325 e. The van der Waals surface area contributed by atoms with Crippen molar-refractivity contribution in [1.82, 2.24) is 5.32 Å². The molecule has 0 radical (unpaired) electrons. The third-order valence-corrected chi connectivity index (χ3v) is 2.51. The molecule has 0 aromatic heterocycles. The highest BCUT2D eigenvalue weighted by molar-refractivity contribution is 5.86. The number of carbonyl (C=O) groups is 2. The summed E-state index contributed by atoms with van der Waals surface area (Å²) < 4.78 is 36.1. The Morgan fingerprint density at radius 2 is 1.86 bits per heavy atom. The first-order valence-corrected chi connectivity index (χ1v) is 5.95. The molecule has 0 bridgehead atoms. The van der Waals surface area contributed by atoms with E-state index in [9.17, 15) is 18.4 Å². The maximum atomic E-state index is 13.2. The number of carboxylic acids is 1. The SMILES string of the molecule is COCO[C@H](C(=O)N[C@@H](C)C(=O)O)c1cc(F)cc(F)c1. The van der Waals surface area contributed by atoms with E-state index in [0.717, 1.165) is 12.1 Å². The van der Waals surface area contributed by atoms with Gasteiger partial charge in [-0.15, -0.1) is 0 Å². The van der Waals surface area contributed by atoms with Crippen molar-refractivity contribution in [2.45, 2.75) is 19.1 Å². The average Bonchev–Trinajstić information content (AvgIpc) is 2.37. The number of benzene rings is 1. The van der Waals surface area contributed by atoms with Crippen LogP contribution in [0.25, 0.3) is 0 Å². The fraction of sp³-hybridized carbons (Fsp3) is 0.385. The molecule has 6 nitrogen and oxygen atoms in total. The molecule has 0 saturated heterocycles. The summed E-state index contributed by atoms with van der Waals surface area (Å²) in [7, 11) is 1.31. The molecule has 0 aliphatic rings. The molecule has 0 aliphatic carbocycles. The summed E-state index contributed by atoms with van der Waals surface area (Å²) in [5.74, 6) is -3.85. The van der Waals surface area contributed by atoms with E-state index in [1.54, 1.807) is 0 Å². The Bertz CT molecular complexity index is 503. The second-order valence-electron chi connectivity index (χ2n) is 4.22. The molecule has 0 unspecified atom stereocenters. The number of aliphatic carboxylic acids is 1. The predicted octanol–water partition coefficient (Wildman–Crippen LogP) is 1.22. The molecule has 1 amide bonds. The van der Waals surface area contributed by atoms with Crippen LogP contribution >= 0.6 is 0 Å². The minimum absolute atomic E-state index is 0.0837. The number of methoxy groups -OCH3 is 1. The molecular weight excluding hydrogens is 288 g/mol. The molecule has 0 heterocycles. The van der Waals surface area contributed by atoms with Gasteiger partial charge in [0.25, 0.3) is 5.91 Å². The molecule has 21 heavy (non-hydrogen) atoms. The van der Waals surface area contributed by atoms with Crippen LogP contribution in [0.3, 0.4) is 0 Å². The topological polar surface area (TPSA) is 84.9 Å². The number of hydrogen-bond donors (Lipinski definition) is 2. The Morgan fingerprint density at radius 1 is 1.29 bits per heavy atom. The van der Waals surface area contributed by atoms with Crippen molar-refractivity contribution in [3.8, 4) is 0 Å². The minimum Gasteiger partial charge on any atom is -0.480 e. The molecule has 2 N–H and O–H groups in total. The Balaban J connectivity index is 2.98. The first-order valence-electron chi connectivity index (χ1n) is 5.95. The van der Waals surface area contributed by atoms with Crippen molar-refractivity contribution in [3.05, 3.63) is 35.4 Å². The molecule has 0 aliphatic heterocycles. The van der Waals surface area contributed by atoms with Crippen LogP contribution in [0.2, 0.25) is 0 Å². The molecule has 0 saturated carbocycles. The van der Waals surface area contributed by atoms with E-state index in [1.807, 2.05) is 0 Å². The molecule has 0 spiro atoms. The zero-order valence-electron chi connectivity index (χ0n) is 11.4. The standard InChI is InChI=1S/C13H15F2NO5/c1-7(13(18)19)16-12(17)11(21-6-20-2)8-3-9(14)5-10(15)4-8/h3-5,7,11H,6H2,1-2H3,(H,16,17)(H,18,19)/t7-,11-/m0/s1. The molecule has 8 heteroatoms. The van der Waals surface area contributed by atoms with Crippen LogP contribution in [0, 0.1) is 11.6 Å². The van der Waals surface area contributed by atoms with E-state index in [1.165, 1.54) is 14.0 Å². The van der Waals surface area contributed by atoms with Gasteiger partial charge in [0.05, 0.1) is 0 Å². The van der Waals surface area contributed by atoms with Gasteiger partial charge in [-0.1, -0.05) is 0 Å². The summed E-state index contributed by atoms with van der Waals surface area (Å²) in [6, 6.07) is 1.32. The van der Waals surface area contributed by atoms with E-state index >= 15 is 0 Å². The van der Waals surface area contributed by atoms with Crippen molar-refractivity contribution in [3.63, 3.8) is 0 Å². The Morgan fingerprint density at radius 3 is 2.33 bits per heavy atom. The lowest BCUT2D eigenvalue weighted by Crippen LogP contribution is -2.41. The van der Waals surface area contributed by atoms with E-state index in [0.29, 0.717) is 6.07 Å². The van der Waals surface area contributed by atoms with Gasteiger partial charge in [0, 0.05) is 13.2 Å². The van der Waals surface area contributed by atoms with E-state index in [2.05, 4.69) is 10.1 Å². The third kappa shape index (κ3) is 5.09. The Labute approximate surface area is 119 Å². The number of carbonyl (C=O) groups excluding carboxylic acids is 1. The highest BCUT2D eigenvalue weighted by Gasteiger charge is 2.26. The van der Waals surface area contributed by atoms with Crippen LogP contribution in [0.15, 0.2) is 18.2 Å². The zero-order valence-corrected chi connectivity index (χ0v) is 11.4. The van der Waals surface area contributed by atoms with Crippen molar-refractivity contribution >= 4 is 11.9 Å². The molecule has 1 aromatic carbocycles. The summed E-state index contributed by atoms with van der Waals surface area (Å²) in [5.41, 5.74) is -0.0837. The summed E-state index contributed by atoms with van der Waals surface area (Å²) in [5, 5.41) is 10.9. The second kappa shape index (κ2) is 7.65. The van der Waals surface area contributed by atoms with Crippen LogP contribution in [0.5, 0.6) is 0 Å². The zero-order chi connectivity index (χ0) is 16.0. The van der Waals surface area contributed by atoms with Gasteiger partial charge in [-0.3, -0.25) is 9.59 Å². The molecule has 1 rings (SSSR count). The highest BCUT2D eigenvalue weighted by Crippen LogP contribution is 2.20. The quantitative estimate of drug-likeness (QED) is 0.740. The van der Waals surface area contributed by atoms with Crippen LogP contribution in [-0.2, 0) is 19.1 Å². The first kappa shape index (κ1) is 17.0.